The van der Waals surface area contributed by atoms with Crippen molar-refractivity contribution < 1.29 is 92.0 Å². The third-order valence-corrected chi connectivity index (χ3v) is 20.2. The normalized spacial score (nSPS) is 10.9. The largest absolute Gasteiger partial charge is 2.00 e. The van der Waals surface area contributed by atoms with Gasteiger partial charge in [-0.2, -0.15) is 0 Å². The fourth-order valence-corrected chi connectivity index (χ4v) is 14.1. The summed E-state index contributed by atoms with van der Waals surface area (Å²) >= 11 is 0. The van der Waals surface area contributed by atoms with Crippen molar-refractivity contribution in [2.45, 2.75) is 83.1 Å². The zero-order chi connectivity index (χ0) is 74.3. The zero-order valence-electron chi connectivity index (χ0n) is 60.9. The number of benzene rings is 12. The van der Waals surface area contributed by atoms with Gasteiger partial charge in [0.1, 0.15) is 69.0 Å². The van der Waals surface area contributed by atoms with Crippen molar-refractivity contribution in [2.24, 2.45) is 0 Å². The second-order valence-corrected chi connectivity index (χ2v) is 30.7. The Morgan fingerprint density at radius 1 is 0.133 bits per heavy atom. The summed E-state index contributed by atoms with van der Waals surface area (Å²) in [6, 6.07) is 88.2. The van der Waals surface area contributed by atoms with Gasteiger partial charge in [-0.05, 0) is 229 Å². The Hall–Kier alpha value is -10.2. The minimum absolute atomic E-state index is 0. The summed E-state index contributed by atoms with van der Waals surface area (Å²) < 4.78 is 113. The predicted molar refractivity (Wildman–Crippen MR) is 417 cm³/mol. The van der Waals surface area contributed by atoms with Crippen LogP contribution in [0.1, 0.15) is 66.8 Å². The molecule has 16 nitrogen and oxygen atoms in total. The van der Waals surface area contributed by atoms with Crippen LogP contribution in [0.4, 0.5) is 0 Å². The van der Waals surface area contributed by atoms with E-state index in [0.717, 1.165) is 66.8 Å². The van der Waals surface area contributed by atoms with E-state index in [1.807, 2.05) is 229 Å². The zero-order valence-corrected chi connectivity index (χ0v) is 67.4. The van der Waals surface area contributed by atoms with Crippen LogP contribution in [0.5, 0.6) is 69.0 Å². The first kappa shape index (κ1) is 80.5. The summed E-state index contributed by atoms with van der Waals surface area (Å²) in [5.41, 5.74) is 13.1. The molecule has 0 atom stereocenters. The van der Waals surface area contributed by atoms with Crippen LogP contribution in [0.2, 0.25) is 0 Å². The topological polar surface area (TPSA) is 196 Å². The summed E-state index contributed by atoms with van der Waals surface area (Å²) in [5, 5.41) is 0. The van der Waals surface area contributed by atoms with Crippen LogP contribution in [0, 0.1) is 83.1 Å². The summed E-state index contributed by atoms with van der Waals surface area (Å²) in [4.78, 5) is 0. The van der Waals surface area contributed by atoms with Crippen LogP contribution in [0.15, 0.2) is 291 Å². The third-order valence-electron chi connectivity index (χ3n) is 14.9. The molecule has 0 radical (unpaired) electrons. The maximum absolute atomic E-state index is 11.0. The van der Waals surface area contributed by atoms with Crippen LogP contribution in [0.25, 0.3) is 0 Å². The van der Waals surface area contributed by atoms with Gasteiger partial charge in [0.2, 0.25) is 0 Å². The maximum atomic E-state index is 11.0. The van der Waals surface area contributed by atoms with Crippen LogP contribution < -0.4 is 54.3 Å². The minimum Gasteiger partial charge on any atom is -0.344 e. The molecular formula is C84H88O16P4Zn+6. The number of rotatable bonds is 24. The van der Waals surface area contributed by atoms with Crippen molar-refractivity contribution in [1.29, 1.82) is 0 Å². The third kappa shape index (κ3) is 27.4. The van der Waals surface area contributed by atoms with E-state index in [1.54, 1.807) is 146 Å². The molecule has 0 unspecified atom stereocenters. The van der Waals surface area contributed by atoms with Gasteiger partial charge in [-0.1, -0.05) is 212 Å². The van der Waals surface area contributed by atoms with Gasteiger partial charge in [0, 0.05) is 0 Å². The molecule has 0 aliphatic rings. The summed E-state index contributed by atoms with van der Waals surface area (Å²) in [6.45, 7) is 23.8. The van der Waals surface area contributed by atoms with E-state index in [4.69, 9.17) is 54.3 Å². The van der Waals surface area contributed by atoms with Crippen molar-refractivity contribution in [3.05, 3.63) is 358 Å². The molecule has 0 saturated heterocycles. The first-order chi connectivity index (χ1) is 49.7. The maximum Gasteiger partial charge on any atom is 2.00 e. The molecule has 0 bridgehead atoms. The first-order valence-electron chi connectivity index (χ1n) is 33.3. The second kappa shape index (κ2) is 38.0. The molecule has 12 rings (SSSR count). The van der Waals surface area contributed by atoms with Gasteiger partial charge in [-0.15, -0.1) is 0 Å². The van der Waals surface area contributed by atoms with E-state index >= 15 is 0 Å². The minimum atomic E-state index is -3.68. The second-order valence-electron chi connectivity index (χ2n) is 24.7. The van der Waals surface area contributed by atoms with Crippen LogP contribution in [0.3, 0.4) is 0 Å². The summed E-state index contributed by atoms with van der Waals surface area (Å²) in [6.07, 6.45) is 0. The number of hydrogen-bond donors (Lipinski definition) is 0. The molecule has 536 valence electrons. The molecule has 0 aliphatic heterocycles. The average molecular weight is 1540 g/mol. The standard InChI is InChI=1S/4C21H21O4P.Zn/c4*1-16-4-10-19(11-5-16)23-26(22,24-20-12-6-17(2)7-13-20)25-21-14-8-18(3)9-15-21;/h4*4-15H,1-3H3;/q;;;;+2/p+4. The molecule has 105 heavy (non-hydrogen) atoms. The average Bonchev–Trinajstić information content (AvgIpc) is 0.843. The summed E-state index contributed by atoms with van der Waals surface area (Å²) in [7, 11) is -14.7. The SMILES string of the molecule is Cc1ccc(OP(=[OH+])(Oc2ccc(C)cc2)Oc2ccc(C)cc2)cc1.Cc1ccc(OP(=[OH+])(Oc2ccc(C)cc2)Oc2ccc(C)cc2)cc1.Cc1ccc(OP(=[OH+])(Oc2ccc(C)cc2)Oc2ccc(C)cc2)cc1.Cc1ccc(OP(=[OH+])(Oc2ccc(C)cc2)Oc2ccc(C)cc2)cc1.[Zn+2]. The van der Waals surface area contributed by atoms with Gasteiger partial charge in [-0.3, -0.25) is 0 Å². The molecule has 0 amide bonds. The van der Waals surface area contributed by atoms with Crippen molar-refractivity contribution in [3.8, 4) is 69.0 Å². The fraction of sp³-hybridized carbons (Fsp3) is 0.143. The van der Waals surface area contributed by atoms with Crippen LogP contribution >= 0.6 is 31.3 Å². The fourth-order valence-electron chi connectivity index (χ4n) is 9.01. The predicted octanol–water partition coefficient (Wildman–Crippen LogP) is 24.8. The molecule has 12 aromatic carbocycles. The monoisotopic (exact) mass is 1540 g/mol. The molecule has 21 heteroatoms. The Labute approximate surface area is 629 Å². The molecule has 0 aliphatic carbocycles. The van der Waals surface area contributed by atoms with E-state index in [9.17, 15) is 18.3 Å². The van der Waals surface area contributed by atoms with E-state index in [1.165, 1.54) is 0 Å². The Morgan fingerprint density at radius 3 is 0.248 bits per heavy atom. The molecular weight excluding hydrogens is 1450 g/mol. The molecule has 0 aromatic heterocycles. The van der Waals surface area contributed by atoms with Crippen molar-refractivity contribution in [1.82, 2.24) is 0 Å². The van der Waals surface area contributed by atoms with Gasteiger partial charge < -0.3 is 54.3 Å². The molecule has 0 spiro atoms. The molecule has 12 aromatic rings. The van der Waals surface area contributed by atoms with E-state index in [2.05, 4.69) is 0 Å². The van der Waals surface area contributed by atoms with E-state index in [-0.39, 0.29) is 19.5 Å². The summed E-state index contributed by atoms with van der Waals surface area (Å²) in [5.74, 6) is 5.73. The van der Waals surface area contributed by atoms with E-state index in [0.29, 0.717) is 69.0 Å². The van der Waals surface area contributed by atoms with E-state index < -0.39 is 31.3 Å². The number of aryl methyl sites for hydroxylation is 12. The Bertz CT molecular complexity index is 3750. The molecule has 0 heterocycles. The molecule has 4 N–H and O–H groups in total. The van der Waals surface area contributed by atoms with Gasteiger partial charge in [0.15, 0.2) is 0 Å². The Morgan fingerprint density at radius 2 is 0.190 bits per heavy atom. The number of hydrogen-bond acceptors (Lipinski definition) is 12. The van der Waals surface area contributed by atoms with Crippen LogP contribution in [-0.2, 0) is 19.5 Å². The van der Waals surface area contributed by atoms with Crippen LogP contribution in [-0.4, -0.2) is 18.3 Å². The Kier molecular flexibility index (Phi) is 29.1. The quantitative estimate of drug-likeness (QED) is 0.0316. The van der Waals surface area contributed by atoms with Crippen molar-refractivity contribution >= 4 is 31.3 Å². The van der Waals surface area contributed by atoms with Gasteiger partial charge in [0.25, 0.3) is 0 Å². The van der Waals surface area contributed by atoms with Gasteiger partial charge in [-0.25, -0.2) is 18.3 Å². The van der Waals surface area contributed by atoms with Gasteiger partial charge in [0.05, 0.1) is 0 Å². The molecule has 0 fully saturated rings. The molecule has 0 saturated carbocycles. The van der Waals surface area contributed by atoms with Gasteiger partial charge >= 0.3 is 50.8 Å². The Balaban J connectivity index is 0.000000176. The first-order valence-corrected chi connectivity index (χ1v) is 39.3. The smallest absolute Gasteiger partial charge is 0.344 e. The van der Waals surface area contributed by atoms with Crippen molar-refractivity contribution in [3.63, 3.8) is 0 Å². The van der Waals surface area contributed by atoms with Crippen molar-refractivity contribution in [2.75, 3.05) is 0 Å².